The third kappa shape index (κ3) is 7.28. The van der Waals surface area contributed by atoms with Gasteiger partial charge in [0.2, 0.25) is 0 Å². The van der Waals surface area contributed by atoms with E-state index in [0.29, 0.717) is 0 Å². The molecule has 1 aromatic rings. The van der Waals surface area contributed by atoms with E-state index in [0.717, 1.165) is 7.11 Å². The molecular weight excluding hydrogens is 156 g/mol. The van der Waals surface area contributed by atoms with Crippen molar-refractivity contribution in [2.75, 3.05) is 7.11 Å². The van der Waals surface area contributed by atoms with Gasteiger partial charge in [-0.25, -0.2) is 4.98 Å². The van der Waals surface area contributed by atoms with Crippen molar-refractivity contribution in [2.24, 2.45) is 0 Å². The molecule has 0 bridgehead atoms. The maximum Gasteiger partial charge on any atom is 0.301 e. The molecule has 1 atom stereocenters. The molecule has 0 fully saturated rings. The summed E-state index contributed by atoms with van der Waals surface area (Å²) < 4.78 is 20.6. The monoisotopic (exact) mass is 164 g/mol. The van der Waals surface area contributed by atoms with Crippen molar-refractivity contribution in [3.8, 4) is 0 Å². The highest BCUT2D eigenvalue weighted by Gasteiger charge is 1.75. The van der Waals surface area contributed by atoms with Gasteiger partial charge in [0, 0.05) is 12.4 Å². The summed E-state index contributed by atoms with van der Waals surface area (Å²) in [5.41, 5.74) is 0. The quantitative estimate of drug-likeness (QED) is 0.580. The Hall–Kier alpha value is -0.720. The molecule has 2 N–H and O–H groups in total. The number of aromatic nitrogens is 2. The molecule has 0 amide bonds. The molecule has 0 saturated heterocycles. The first-order valence-electron chi connectivity index (χ1n) is 2.35. The van der Waals surface area contributed by atoms with Crippen LogP contribution in [0.25, 0.3) is 0 Å². The minimum absolute atomic E-state index is 1.15. The van der Waals surface area contributed by atoms with E-state index < -0.39 is 11.4 Å². The molecule has 0 saturated carbocycles. The number of aromatic amines is 1. The summed E-state index contributed by atoms with van der Waals surface area (Å²) in [6.07, 6.45) is 5.08. The fraction of sp³-hybridized carbons (Fsp3) is 0.250. The summed E-state index contributed by atoms with van der Waals surface area (Å²) >= 11 is -2.07. The number of hydrogen-bond acceptors (Lipinski definition) is 3. The Morgan fingerprint density at radius 1 is 1.80 bits per heavy atom. The summed E-state index contributed by atoms with van der Waals surface area (Å²) in [5, 5.41) is 0. The molecule has 1 aromatic heterocycles. The Labute approximate surface area is 60.9 Å². The molecule has 0 radical (unpaired) electrons. The van der Waals surface area contributed by atoms with Crippen LogP contribution in [-0.2, 0) is 15.5 Å². The first-order valence-corrected chi connectivity index (χ1v) is 3.38. The van der Waals surface area contributed by atoms with Gasteiger partial charge in [0.15, 0.2) is 0 Å². The number of H-pyrrole nitrogens is 1. The highest BCUT2D eigenvalue weighted by Crippen LogP contribution is 1.64. The van der Waals surface area contributed by atoms with E-state index in [4.69, 9.17) is 4.55 Å². The van der Waals surface area contributed by atoms with Gasteiger partial charge in [-0.1, -0.05) is 0 Å². The Morgan fingerprint density at radius 2 is 2.40 bits per heavy atom. The third-order valence-electron chi connectivity index (χ3n) is 0.548. The topological polar surface area (TPSA) is 75.2 Å². The highest BCUT2D eigenvalue weighted by atomic mass is 32.2. The average Bonchev–Trinajstić information content (AvgIpc) is 2.43. The van der Waals surface area contributed by atoms with Crippen molar-refractivity contribution in [1.29, 1.82) is 0 Å². The zero-order valence-electron chi connectivity index (χ0n) is 5.35. The molecule has 0 aliphatic rings. The highest BCUT2D eigenvalue weighted by molar-refractivity contribution is 7.74. The van der Waals surface area contributed by atoms with Crippen LogP contribution in [0.1, 0.15) is 0 Å². The van der Waals surface area contributed by atoms with Crippen LogP contribution in [0.4, 0.5) is 0 Å². The van der Waals surface area contributed by atoms with Crippen LogP contribution >= 0.6 is 0 Å². The van der Waals surface area contributed by atoms with Crippen molar-refractivity contribution in [1.82, 2.24) is 9.97 Å². The van der Waals surface area contributed by atoms with Gasteiger partial charge >= 0.3 is 11.4 Å². The SMILES string of the molecule is COS(=O)O.c1c[nH]cn1. The zero-order valence-corrected chi connectivity index (χ0v) is 6.17. The normalized spacial score (nSPS) is 11.4. The van der Waals surface area contributed by atoms with Gasteiger partial charge < -0.3 is 4.98 Å². The molecule has 0 spiro atoms. The molecule has 1 rings (SSSR count). The predicted molar refractivity (Wildman–Crippen MR) is 36.4 cm³/mol. The summed E-state index contributed by atoms with van der Waals surface area (Å²) in [4.78, 5) is 6.42. The van der Waals surface area contributed by atoms with Crippen LogP contribution in [0.15, 0.2) is 18.7 Å². The Bertz CT molecular complexity index is 148. The van der Waals surface area contributed by atoms with Crippen LogP contribution in [-0.4, -0.2) is 25.8 Å². The Kier molecular flexibility index (Phi) is 5.94. The molecule has 6 heteroatoms. The average molecular weight is 164 g/mol. The Balaban J connectivity index is 0.000000162. The van der Waals surface area contributed by atoms with E-state index in [2.05, 4.69) is 14.2 Å². The lowest BCUT2D eigenvalue weighted by Crippen LogP contribution is -1.84. The van der Waals surface area contributed by atoms with Gasteiger partial charge in [0.25, 0.3) is 0 Å². The lowest BCUT2D eigenvalue weighted by molar-refractivity contribution is 0.379. The molecule has 5 nitrogen and oxygen atoms in total. The largest absolute Gasteiger partial charge is 0.351 e. The summed E-state index contributed by atoms with van der Waals surface area (Å²) in [6, 6.07) is 0. The van der Waals surface area contributed by atoms with Gasteiger partial charge in [0.05, 0.1) is 13.4 Å². The molecule has 0 aliphatic heterocycles. The number of rotatable bonds is 1. The van der Waals surface area contributed by atoms with Gasteiger partial charge in [-0.05, 0) is 0 Å². The van der Waals surface area contributed by atoms with Gasteiger partial charge in [0.1, 0.15) is 0 Å². The smallest absolute Gasteiger partial charge is 0.301 e. The second-order valence-electron chi connectivity index (χ2n) is 1.14. The molecule has 10 heavy (non-hydrogen) atoms. The summed E-state index contributed by atoms with van der Waals surface area (Å²) in [7, 11) is 1.15. The first-order chi connectivity index (χ1) is 4.77. The van der Waals surface area contributed by atoms with E-state index in [1.165, 1.54) is 0 Å². The summed E-state index contributed by atoms with van der Waals surface area (Å²) in [6.45, 7) is 0. The van der Waals surface area contributed by atoms with Crippen molar-refractivity contribution in [2.45, 2.75) is 0 Å². The molecule has 0 aliphatic carbocycles. The standard InChI is InChI=1S/C3H4N2.CH4O3S/c1-2-5-3-4-1;1-4-5(2)3/h1-3H,(H,4,5);1H3,(H,2,3). The van der Waals surface area contributed by atoms with E-state index in [1.54, 1.807) is 18.7 Å². The number of nitrogens with zero attached hydrogens (tertiary/aromatic N) is 1. The van der Waals surface area contributed by atoms with Crippen molar-refractivity contribution in [3.05, 3.63) is 18.7 Å². The van der Waals surface area contributed by atoms with E-state index >= 15 is 0 Å². The van der Waals surface area contributed by atoms with Crippen molar-refractivity contribution >= 4 is 11.4 Å². The number of imidazole rings is 1. The van der Waals surface area contributed by atoms with Gasteiger partial charge in [-0.15, -0.1) is 0 Å². The maximum absolute atomic E-state index is 9.26. The molecule has 0 aromatic carbocycles. The van der Waals surface area contributed by atoms with Crippen LogP contribution < -0.4 is 0 Å². The Morgan fingerprint density at radius 3 is 2.50 bits per heavy atom. The van der Waals surface area contributed by atoms with Crippen LogP contribution in [0.3, 0.4) is 0 Å². The van der Waals surface area contributed by atoms with E-state index in [-0.39, 0.29) is 0 Å². The van der Waals surface area contributed by atoms with Gasteiger partial charge in [-0.3, -0.25) is 8.74 Å². The predicted octanol–water partition coefficient (Wildman–Crippen LogP) is 0.179. The summed E-state index contributed by atoms with van der Waals surface area (Å²) in [5.74, 6) is 0. The lowest BCUT2D eigenvalue weighted by atomic mass is 11.0. The van der Waals surface area contributed by atoms with Crippen molar-refractivity contribution < 1.29 is 12.9 Å². The maximum atomic E-state index is 9.26. The number of hydrogen-bond donors (Lipinski definition) is 2. The van der Waals surface area contributed by atoms with Crippen LogP contribution in [0, 0.1) is 0 Å². The molecular formula is C4H8N2O3S. The van der Waals surface area contributed by atoms with Crippen LogP contribution in [0.5, 0.6) is 0 Å². The first kappa shape index (κ1) is 9.28. The second kappa shape index (κ2) is 6.40. The van der Waals surface area contributed by atoms with E-state index in [1.807, 2.05) is 0 Å². The van der Waals surface area contributed by atoms with Crippen molar-refractivity contribution in [3.63, 3.8) is 0 Å². The van der Waals surface area contributed by atoms with E-state index in [9.17, 15) is 4.21 Å². The third-order valence-corrected chi connectivity index (χ3v) is 0.834. The fourth-order valence-electron chi connectivity index (χ4n) is 0.215. The van der Waals surface area contributed by atoms with Crippen LogP contribution in [0.2, 0.25) is 0 Å². The minimum Gasteiger partial charge on any atom is -0.351 e. The minimum atomic E-state index is -2.07. The number of nitrogens with one attached hydrogen (secondary N) is 1. The fourth-order valence-corrected chi connectivity index (χ4v) is 0.215. The molecule has 1 unspecified atom stereocenters. The molecule has 58 valence electrons. The second-order valence-corrected chi connectivity index (χ2v) is 1.91. The van der Waals surface area contributed by atoms with Gasteiger partial charge in [-0.2, -0.15) is 4.21 Å². The zero-order chi connectivity index (χ0) is 7.82. The molecule has 1 heterocycles. The lowest BCUT2D eigenvalue weighted by Gasteiger charge is -1.76.